The summed E-state index contributed by atoms with van der Waals surface area (Å²) in [5.41, 5.74) is 2.04. The van der Waals surface area contributed by atoms with Crippen LogP contribution in [-0.2, 0) is 4.79 Å². The van der Waals surface area contributed by atoms with Crippen LogP contribution < -0.4 is 5.01 Å². The first-order valence-electron chi connectivity index (χ1n) is 9.71. The molecule has 27 heavy (non-hydrogen) atoms. The molecular weight excluding hydrogens is 342 g/mol. The predicted octanol–water partition coefficient (Wildman–Crippen LogP) is 1.84. The van der Waals surface area contributed by atoms with Gasteiger partial charge in [-0.25, -0.2) is 10.0 Å². The average Bonchev–Trinajstić information content (AvgIpc) is 3.34. The Hall–Kier alpha value is -2.61. The van der Waals surface area contributed by atoms with Gasteiger partial charge in [-0.15, -0.1) is 0 Å². The summed E-state index contributed by atoms with van der Waals surface area (Å²) in [6.07, 6.45) is 6.46. The van der Waals surface area contributed by atoms with E-state index in [0.29, 0.717) is 6.42 Å². The minimum absolute atomic E-state index is 0.166. The van der Waals surface area contributed by atoms with E-state index in [4.69, 9.17) is 4.99 Å². The van der Waals surface area contributed by atoms with Gasteiger partial charge in [-0.1, -0.05) is 13.3 Å². The molecule has 2 aliphatic heterocycles. The van der Waals surface area contributed by atoms with Gasteiger partial charge in [-0.2, -0.15) is 5.10 Å². The van der Waals surface area contributed by atoms with Crippen molar-refractivity contribution in [3.63, 3.8) is 0 Å². The Labute approximate surface area is 159 Å². The molecule has 0 radical (unpaired) electrons. The molecule has 1 unspecified atom stereocenters. The summed E-state index contributed by atoms with van der Waals surface area (Å²) in [6, 6.07) is 6.08. The van der Waals surface area contributed by atoms with Crippen molar-refractivity contribution in [2.24, 2.45) is 4.99 Å². The van der Waals surface area contributed by atoms with Gasteiger partial charge in [0.2, 0.25) is 5.91 Å². The molecule has 2 aromatic heterocycles. The van der Waals surface area contributed by atoms with Crippen molar-refractivity contribution in [3.8, 4) is 0 Å². The van der Waals surface area contributed by atoms with E-state index in [1.165, 1.54) is 0 Å². The SMILES string of the molecule is CCCCC(=O)N1CCN(C2N=Cc3cccn3N2c2cc(C)[nH]n2)CC1. The molecule has 2 aromatic rings. The summed E-state index contributed by atoms with van der Waals surface area (Å²) in [7, 11) is 0. The van der Waals surface area contributed by atoms with Crippen LogP contribution in [-0.4, -0.2) is 69.3 Å². The molecule has 4 rings (SSSR count). The topological polar surface area (TPSA) is 72.8 Å². The fourth-order valence-corrected chi connectivity index (χ4v) is 3.69. The van der Waals surface area contributed by atoms with Gasteiger partial charge in [-0.05, 0) is 25.5 Å². The fraction of sp³-hybridized carbons (Fsp3) is 0.526. The molecule has 144 valence electrons. The third kappa shape index (κ3) is 3.49. The van der Waals surface area contributed by atoms with E-state index < -0.39 is 0 Å². The Balaban J connectivity index is 1.50. The number of nitrogens with one attached hydrogen (secondary N) is 1. The molecule has 1 fully saturated rings. The lowest BCUT2D eigenvalue weighted by molar-refractivity contribution is -0.133. The van der Waals surface area contributed by atoms with E-state index in [1.54, 1.807) is 0 Å². The number of unbranched alkanes of at least 4 members (excludes halogenated alkanes) is 1. The summed E-state index contributed by atoms with van der Waals surface area (Å²) in [6.45, 7) is 7.22. The zero-order valence-electron chi connectivity index (χ0n) is 16.0. The van der Waals surface area contributed by atoms with E-state index >= 15 is 0 Å². The summed E-state index contributed by atoms with van der Waals surface area (Å²) >= 11 is 0. The maximum atomic E-state index is 12.3. The number of aliphatic imine (C=N–C) groups is 1. The van der Waals surface area contributed by atoms with Crippen molar-refractivity contribution in [1.29, 1.82) is 0 Å². The number of carbonyl (C=O) groups excluding carboxylic acids is 1. The number of aryl methyl sites for hydroxylation is 1. The number of hydrogen-bond acceptors (Lipinski definition) is 5. The molecule has 1 atom stereocenters. The van der Waals surface area contributed by atoms with Crippen LogP contribution in [0.1, 0.15) is 37.6 Å². The minimum atomic E-state index is -0.166. The predicted molar refractivity (Wildman–Crippen MR) is 105 cm³/mol. The maximum absolute atomic E-state index is 12.3. The number of H-pyrrole nitrogens is 1. The second-order valence-corrected chi connectivity index (χ2v) is 7.18. The second kappa shape index (κ2) is 7.56. The molecular formula is C19H27N7O. The highest BCUT2D eigenvalue weighted by atomic mass is 16.2. The molecule has 8 nitrogen and oxygen atoms in total. The molecule has 1 saturated heterocycles. The normalized spacial score (nSPS) is 20.1. The summed E-state index contributed by atoms with van der Waals surface area (Å²) in [5, 5.41) is 9.59. The number of carbonyl (C=O) groups is 1. The molecule has 1 N–H and O–H groups in total. The Bertz CT molecular complexity index is 816. The largest absolute Gasteiger partial charge is 0.340 e. The number of rotatable bonds is 5. The Morgan fingerprint density at radius 2 is 2.11 bits per heavy atom. The summed E-state index contributed by atoms with van der Waals surface area (Å²) in [5.74, 6) is 1.12. The second-order valence-electron chi connectivity index (χ2n) is 7.18. The number of aromatic nitrogens is 3. The highest BCUT2D eigenvalue weighted by molar-refractivity contribution is 5.79. The van der Waals surface area contributed by atoms with Gasteiger partial charge >= 0.3 is 0 Å². The van der Waals surface area contributed by atoms with Crippen LogP contribution >= 0.6 is 0 Å². The van der Waals surface area contributed by atoms with Crippen molar-refractivity contribution < 1.29 is 4.79 Å². The summed E-state index contributed by atoms with van der Waals surface area (Å²) < 4.78 is 2.09. The van der Waals surface area contributed by atoms with Gasteiger partial charge < -0.3 is 4.90 Å². The zero-order chi connectivity index (χ0) is 18.8. The third-order valence-electron chi connectivity index (χ3n) is 5.21. The number of anilines is 1. The van der Waals surface area contributed by atoms with Gasteiger partial charge in [0.05, 0.1) is 11.9 Å². The van der Waals surface area contributed by atoms with Crippen molar-refractivity contribution >= 4 is 17.9 Å². The first-order chi connectivity index (χ1) is 13.2. The quantitative estimate of drug-likeness (QED) is 0.873. The lowest BCUT2D eigenvalue weighted by Gasteiger charge is -2.43. The first kappa shape index (κ1) is 17.8. The average molecular weight is 369 g/mol. The number of nitrogens with zero attached hydrogens (tertiary/aromatic N) is 6. The van der Waals surface area contributed by atoms with Crippen LogP contribution in [0.15, 0.2) is 29.4 Å². The fourth-order valence-electron chi connectivity index (χ4n) is 3.69. The molecule has 0 saturated carbocycles. The number of hydrogen-bond donors (Lipinski definition) is 1. The van der Waals surface area contributed by atoms with Crippen molar-refractivity contribution in [2.45, 2.75) is 39.4 Å². The van der Waals surface area contributed by atoms with Crippen LogP contribution in [0.4, 0.5) is 5.82 Å². The Morgan fingerprint density at radius 1 is 1.30 bits per heavy atom. The Morgan fingerprint density at radius 3 is 2.81 bits per heavy atom. The Kier molecular flexibility index (Phi) is 4.98. The van der Waals surface area contributed by atoms with Crippen LogP contribution in [0.25, 0.3) is 0 Å². The number of amides is 1. The van der Waals surface area contributed by atoms with Crippen LogP contribution in [0.3, 0.4) is 0 Å². The molecule has 8 heteroatoms. The van der Waals surface area contributed by atoms with Crippen molar-refractivity contribution in [3.05, 3.63) is 35.8 Å². The van der Waals surface area contributed by atoms with Crippen molar-refractivity contribution in [1.82, 2.24) is 24.7 Å². The molecule has 1 amide bonds. The van der Waals surface area contributed by atoms with Crippen molar-refractivity contribution in [2.75, 3.05) is 31.2 Å². The molecule has 0 bridgehead atoms. The standard InChI is InChI=1S/C19H27N7O/c1-3-4-7-18(27)23-9-11-24(12-10-23)19-20-14-16-6-5-8-25(16)26(19)17-13-15(2)21-22-17/h5-6,8,13-14,19H,3-4,7,9-12H2,1-2H3,(H,21,22). The van der Waals surface area contributed by atoms with Gasteiger partial charge in [0.1, 0.15) is 0 Å². The van der Waals surface area contributed by atoms with E-state index in [1.807, 2.05) is 42.4 Å². The van der Waals surface area contributed by atoms with E-state index in [9.17, 15) is 4.79 Å². The van der Waals surface area contributed by atoms with E-state index in [-0.39, 0.29) is 12.2 Å². The van der Waals surface area contributed by atoms with Crippen LogP contribution in [0.5, 0.6) is 0 Å². The molecule has 4 heterocycles. The first-order valence-corrected chi connectivity index (χ1v) is 9.71. The zero-order valence-corrected chi connectivity index (χ0v) is 16.0. The maximum Gasteiger partial charge on any atom is 0.222 e. The lowest BCUT2D eigenvalue weighted by atomic mass is 10.2. The number of fused-ring (bicyclic) bond motifs is 1. The smallest absolute Gasteiger partial charge is 0.222 e. The lowest BCUT2D eigenvalue weighted by Crippen LogP contribution is -2.58. The highest BCUT2D eigenvalue weighted by Crippen LogP contribution is 2.24. The van der Waals surface area contributed by atoms with E-state index in [2.05, 4.69) is 31.7 Å². The van der Waals surface area contributed by atoms with Gasteiger partial charge in [-0.3, -0.25) is 19.5 Å². The van der Waals surface area contributed by atoms with Gasteiger partial charge in [0, 0.05) is 50.6 Å². The van der Waals surface area contributed by atoms with Crippen LogP contribution in [0, 0.1) is 6.92 Å². The number of piperazine rings is 1. The minimum Gasteiger partial charge on any atom is -0.340 e. The molecule has 0 aliphatic carbocycles. The number of aromatic amines is 1. The molecule has 2 aliphatic rings. The third-order valence-corrected chi connectivity index (χ3v) is 5.21. The van der Waals surface area contributed by atoms with Gasteiger partial charge in [0.25, 0.3) is 0 Å². The molecule has 0 aromatic carbocycles. The van der Waals surface area contributed by atoms with Gasteiger partial charge in [0.15, 0.2) is 12.1 Å². The highest BCUT2D eigenvalue weighted by Gasteiger charge is 2.33. The summed E-state index contributed by atoms with van der Waals surface area (Å²) in [4.78, 5) is 21.4. The monoisotopic (exact) mass is 369 g/mol. The van der Waals surface area contributed by atoms with Crippen LogP contribution in [0.2, 0.25) is 0 Å². The molecule has 0 spiro atoms. The van der Waals surface area contributed by atoms with E-state index in [0.717, 1.165) is 56.2 Å².